The van der Waals surface area contributed by atoms with E-state index in [0.717, 1.165) is 11.1 Å². The van der Waals surface area contributed by atoms with Crippen molar-refractivity contribution in [2.45, 2.75) is 46.6 Å². The molecule has 0 radical (unpaired) electrons. The standard InChI is InChI=1S/C29H32N2O5S/c1-7-35-23-15-19(9-14-22(23)34-6)16-24-27(32)31-26(21-12-10-20(11-13-21)17(3)4)25(28(33)36-8-2)18(5)30-29(31)37-24/h9-17,26H,7-8H2,1-6H3. The van der Waals surface area contributed by atoms with Crippen molar-refractivity contribution in [2.75, 3.05) is 20.3 Å². The number of hydrogen-bond acceptors (Lipinski definition) is 7. The smallest absolute Gasteiger partial charge is 0.338 e. The maximum absolute atomic E-state index is 13.8. The number of carbonyl (C=O) groups excluding carboxylic acids is 1. The molecule has 0 fully saturated rings. The van der Waals surface area contributed by atoms with Crippen LogP contribution in [0.5, 0.6) is 11.5 Å². The summed E-state index contributed by atoms with van der Waals surface area (Å²) in [5, 5.41) is 0. The molecule has 1 atom stereocenters. The molecule has 0 aliphatic carbocycles. The first-order valence-corrected chi connectivity index (χ1v) is 13.2. The Kier molecular flexibility index (Phi) is 7.97. The average molecular weight is 521 g/mol. The zero-order valence-corrected chi connectivity index (χ0v) is 22.8. The molecule has 7 nitrogen and oxygen atoms in total. The number of allylic oxidation sites excluding steroid dienone is 1. The average Bonchev–Trinajstić information content (AvgIpc) is 3.18. The molecular formula is C29H32N2O5S. The molecule has 3 aromatic rings. The van der Waals surface area contributed by atoms with Gasteiger partial charge < -0.3 is 14.2 Å². The molecule has 0 saturated carbocycles. The van der Waals surface area contributed by atoms with Gasteiger partial charge in [0.1, 0.15) is 0 Å². The van der Waals surface area contributed by atoms with Crippen molar-refractivity contribution in [3.8, 4) is 11.5 Å². The van der Waals surface area contributed by atoms with Gasteiger partial charge in [-0.2, -0.15) is 0 Å². The van der Waals surface area contributed by atoms with Gasteiger partial charge in [-0.05, 0) is 61.6 Å². The lowest BCUT2D eigenvalue weighted by Crippen LogP contribution is -2.39. The van der Waals surface area contributed by atoms with Crippen LogP contribution in [0.3, 0.4) is 0 Å². The van der Waals surface area contributed by atoms with Gasteiger partial charge in [-0.3, -0.25) is 9.36 Å². The molecule has 0 saturated heterocycles. The van der Waals surface area contributed by atoms with Crippen LogP contribution in [-0.2, 0) is 9.53 Å². The van der Waals surface area contributed by atoms with E-state index < -0.39 is 12.0 Å². The second kappa shape index (κ2) is 11.2. The van der Waals surface area contributed by atoms with E-state index in [1.54, 1.807) is 25.5 Å². The lowest BCUT2D eigenvalue weighted by atomic mass is 9.93. The molecule has 4 rings (SSSR count). The van der Waals surface area contributed by atoms with Crippen molar-refractivity contribution < 1.29 is 19.0 Å². The number of nitrogens with zero attached hydrogens (tertiary/aromatic N) is 2. The molecule has 0 N–H and O–H groups in total. The zero-order valence-electron chi connectivity index (χ0n) is 22.0. The molecule has 8 heteroatoms. The first-order valence-electron chi connectivity index (χ1n) is 12.4. The van der Waals surface area contributed by atoms with E-state index in [9.17, 15) is 9.59 Å². The number of esters is 1. The van der Waals surface area contributed by atoms with Crippen molar-refractivity contribution in [1.82, 2.24) is 4.57 Å². The summed E-state index contributed by atoms with van der Waals surface area (Å²) in [6.45, 7) is 10.4. The highest BCUT2D eigenvalue weighted by atomic mass is 32.1. The normalized spacial score (nSPS) is 15.4. The van der Waals surface area contributed by atoms with E-state index in [4.69, 9.17) is 14.2 Å². The first-order chi connectivity index (χ1) is 17.8. The largest absolute Gasteiger partial charge is 0.493 e. The van der Waals surface area contributed by atoms with Gasteiger partial charge >= 0.3 is 5.97 Å². The van der Waals surface area contributed by atoms with Gasteiger partial charge in [-0.15, -0.1) is 0 Å². The highest BCUT2D eigenvalue weighted by Crippen LogP contribution is 2.32. The van der Waals surface area contributed by atoms with Gasteiger partial charge in [-0.1, -0.05) is 55.5 Å². The predicted octanol–water partition coefficient (Wildman–Crippen LogP) is 4.33. The number of methoxy groups -OCH3 is 1. The predicted molar refractivity (Wildman–Crippen MR) is 145 cm³/mol. The van der Waals surface area contributed by atoms with Crippen molar-refractivity contribution in [2.24, 2.45) is 4.99 Å². The Labute approximate surface area is 220 Å². The molecule has 2 aromatic carbocycles. The fraction of sp³-hybridized carbons (Fsp3) is 0.345. The van der Waals surface area contributed by atoms with Crippen LogP contribution < -0.4 is 24.4 Å². The number of ether oxygens (including phenoxy) is 3. The summed E-state index contributed by atoms with van der Waals surface area (Å²) >= 11 is 1.29. The van der Waals surface area contributed by atoms with E-state index in [0.29, 0.717) is 44.6 Å². The fourth-order valence-corrected chi connectivity index (χ4v) is 5.42. The Morgan fingerprint density at radius 1 is 1.11 bits per heavy atom. The van der Waals surface area contributed by atoms with Crippen LogP contribution in [0.4, 0.5) is 0 Å². The molecule has 0 amide bonds. The Hall–Kier alpha value is -3.65. The molecule has 2 heterocycles. The van der Waals surface area contributed by atoms with Crippen LogP contribution in [0.1, 0.15) is 63.3 Å². The molecule has 1 aliphatic rings. The van der Waals surface area contributed by atoms with Crippen molar-refractivity contribution in [3.05, 3.63) is 90.1 Å². The number of carbonyl (C=O) groups is 1. The Bertz CT molecular complexity index is 1510. The molecule has 194 valence electrons. The summed E-state index contributed by atoms with van der Waals surface area (Å²) in [6.07, 6.45) is 1.81. The Balaban J connectivity index is 1.90. The number of rotatable bonds is 8. The monoisotopic (exact) mass is 520 g/mol. The maximum atomic E-state index is 13.8. The van der Waals surface area contributed by atoms with E-state index in [2.05, 4.69) is 18.8 Å². The lowest BCUT2D eigenvalue weighted by molar-refractivity contribution is -0.139. The van der Waals surface area contributed by atoms with Crippen molar-refractivity contribution in [3.63, 3.8) is 0 Å². The van der Waals surface area contributed by atoms with Gasteiger partial charge in [0, 0.05) is 0 Å². The molecule has 1 aliphatic heterocycles. The minimum atomic E-state index is -0.631. The zero-order chi connectivity index (χ0) is 26.7. The van der Waals surface area contributed by atoms with E-state index >= 15 is 0 Å². The van der Waals surface area contributed by atoms with Crippen molar-refractivity contribution >= 4 is 23.4 Å². The quantitative estimate of drug-likeness (QED) is 0.413. The highest BCUT2D eigenvalue weighted by Gasteiger charge is 2.33. The topological polar surface area (TPSA) is 79.1 Å². The fourth-order valence-electron chi connectivity index (χ4n) is 4.37. The van der Waals surface area contributed by atoms with Gasteiger partial charge in [0.25, 0.3) is 5.56 Å². The van der Waals surface area contributed by atoms with Crippen molar-refractivity contribution in [1.29, 1.82) is 0 Å². The third kappa shape index (κ3) is 5.25. The van der Waals surface area contributed by atoms with Crippen LogP contribution in [0.15, 0.2) is 63.5 Å². The first kappa shape index (κ1) is 26.4. The van der Waals surface area contributed by atoms with Gasteiger partial charge in [0.2, 0.25) is 0 Å². The SMILES string of the molecule is CCOC(=O)C1=C(C)N=c2sc(=Cc3ccc(OC)c(OCC)c3)c(=O)n2C1c1ccc(C(C)C)cc1. The lowest BCUT2D eigenvalue weighted by Gasteiger charge is -2.25. The molecule has 1 aromatic heterocycles. The van der Waals surface area contributed by atoms with Gasteiger partial charge in [0.05, 0.1) is 42.2 Å². The highest BCUT2D eigenvalue weighted by molar-refractivity contribution is 7.07. The van der Waals surface area contributed by atoms with Crippen LogP contribution in [0.25, 0.3) is 6.08 Å². The van der Waals surface area contributed by atoms with Gasteiger partial charge in [0.15, 0.2) is 16.3 Å². The number of thiazole rings is 1. The second-order valence-corrected chi connectivity index (χ2v) is 9.98. The summed E-state index contributed by atoms with van der Waals surface area (Å²) in [6, 6.07) is 12.9. The van der Waals surface area contributed by atoms with Crippen LogP contribution in [-0.4, -0.2) is 30.9 Å². The molecule has 1 unspecified atom stereocenters. The summed E-state index contributed by atoms with van der Waals surface area (Å²) in [7, 11) is 1.59. The molecular weight excluding hydrogens is 488 g/mol. The Morgan fingerprint density at radius 3 is 2.46 bits per heavy atom. The minimum absolute atomic E-state index is 0.218. The summed E-state index contributed by atoms with van der Waals surface area (Å²) < 4.78 is 18.6. The van der Waals surface area contributed by atoms with Crippen LogP contribution in [0.2, 0.25) is 0 Å². The van der Waals surface area contributed by atoms with Crippen LogP contribution >= 0.6 is 11.3 Å². The Morgan fingerprint density at radius 2 is 1.84 bits per heavy atom. The molecule has 0 spiro atoms. The summed E-state index contributed by atoms with van der Waals surface area (Å²) in [5.41, 5.74) is 3.52. The van der Waals surface area contributed by atoms with E-state index in [1.807, 2.05) is 55.5 Å². The summed E-state index contributed by atoms with van der Waals surface area (Å²) in [5.74, 6) is 1.13. The maximum Gasteiger partial charge on any atom is 0.338 e. The van der Waals surface area contributed by atoms with Crippen LogP contribution in [0, 0.1) is 0 Å². The minimum Gasteiger partial charge on any atom is -0.493 e. The third-order valence-corrected chi connectivity index (χ3v) is 7.20. The number of fused-ring (bicyclic) bond motifs is 1. The second-order valence-electron chi connectivity index (χ2n) is 8.97. The number of benzene rings is 2. The van der Waals surface area contributed by atoms with E-state index in [1.165, 1.54) is 16.9 Å². The number of aromatic nitrogens is 1. The van der Waals surface area contributed by atoms with E-state index in [-0.39, 0.29) is 12.2 Å². The number of hydrogen-bond donors (Lipinski definition) is 0. The molecule has 0 bridgehead atoms. The van der Waals surface area contributed by atoms with Gasteiger partial charge in [-0.25, -0.2) is 9.79 Å². The summed E-state index contributed by atoms with van der Waals surface area (Å²) in [4.78, 5) is 32.0. The molecule has 37 heavy (non-hydrogen) atoms. The third-order valence-electron chi connectivity index (χ3n) is 6.22.